The van der Waals surface area contributed by atoms with Crippen molar-refractivity contribution < 1.29 is 19.1 Å². The zero-order valence-electron chi connectivity index (χ0n) is 25.1. The Hall–Kier alpha value is -5.68. The molecule has 6 rings (SSSR count). The quantitative estimate of drug-likeness (QED) is 0.131. The largest absolute Gasteiger partial charge is 0.493 e. The molecule has 2 heterocycles. The normalized spacial score (nSPS) is 10.7. The van der Waals surface area contributed by atoms with E-state index in [-0.39, 0.29) is 11.8 Å². The van der Waals surface area contributed by atoms with E-state index in [1.807, 2.05) is 72.8 Å². The lowest BCUT2D eigenvalue weighted by Crippen LogP contribution is -2.21. The van der Waals surface area contributed by atoms with E-state index < -0.39 is 0 Å². The van der Waals surface area contributed by atoms with Gasteiger partial charge < -0.3 is 20.1 Å². The minimum absolute atomic E-state index is 0.147. The van der Waals surface area contributed by atoms with Crippen molar-refractivity contribution in [2.75, 3.05) is 13.2 Å². The summed E-state index contributed by atoms with van der Waals surface area (Å²) in [7, 11) is 0. The summed E-state index contributed by atoms with van der Waals surface area (Å²) in [6, 6.07) is 33.9. The van der Waals surface area contributed by atoms with Crippen LogP contribution in [0.4, 0.5) is 0 Å². The van der Waals surface area contributed by atoms with Gasteiger partial charge in [-0.05, 0) is 94.7 Å². The van der Waals surface area contributed by atoms with E-state index in [0.717, 1.165) is 42.8 Å². The van der Waals surface area contributed by atoms with Crippen LogP contribution in [0.5, 0.6) is 11.5 Å². The van der Waals surface area contributed by atoms with Crippen LogP contribution in [-0.4, -0.2) is 25.0 Å². The second-order valence-corrected chi connectivity index (χ2v) is 12.8. The third-order valence-electron chi connectivity index (χ3n) is 7.32. The van der Waals surface area contributed by atoms with E-state index in [1.165, 1.54) is 22.7 Å². The number of hydrogen-bond donors (Lipinski definition) is 2. The van der Waals surface area contributed by atoms with E-state index in [2.05, 4.69) is 22.8 Å². The molecule has 10 heteroatoms. The molecule has 0 radical (unpaired) electrons. The molecule has 232 valence electrons. The zero-order valence-corrected chi connectivity index (χ0v) is 26.8. The lowest BCUT2D eigenvalue weighted by atomic mass is 10.2. The fourth-order valence-corrected chi connectivity index (χ4v) is 6.75. The molecule has 0 saturated heterocycles. The van der Waals surface area contributed by atoms with Gasteiger partial charge >= 0.3 is 0 Å². The molecule has 2 amide bonds. The molecule has 0 bridgehead atoms. The van der Waals surface area contributed by atoms with Gasteiger partial charge in [0.25, 0.3) is 11.8 Å². The fourth-order valence-electron chi connectivity index (χ4n) is 4.83. The van der Waals surface area contributed by atoms with Crippen LogP contribution in [0.2, 0.25) is 0 Å². The van der Waals surface area contributed by atoms with Crippen molar-refractivity contribution in [1.82, 2.24) is 10.6 Å². The molecule has 0 aliphatic heterocycles. The third kappa shape index (κ3) is 7.95. The minimum atomic E-state index is -0.147. The Kier molecular flexibility index (Phi) is 9.73. The number of nitriles is 2. The molecule has 0 spiro atoms. The van der Waals surface area contributed by atoms with Gasteiger partial charge in [-0.2, -0.15) is 10.5 Å². The van der Waals surface area contributed by atoms with Crippen LogP contribution in [-0.2, 0) is 13.1 Å². The molecular formula is C37H28N4O4S2. The molecule has 0 aliphatic carbocycles. The predicted octanol–water partition coefficient (Wildman–Crippen LogP) is 7.57. The van der Waals surface area contributed by atoms with E-state index in [1.54, 1.807) is 24.3 Å². The Labute approximate surface area is 279 Å². The number of carbonyl (C=O) groups is 2. The molecule has 2 N–H and O–H groups in total. The summed E-state index contributed by atoms with van der Waals surface area (Å²) in [5.74, 6) is 1.19. The van der Waals surface area contributed by atoms with Crippen LogP contribution < -0.4 is 20.1 Å². The van der Waals surface area contributed by atoms with E-state index in [9.17, 15) is 9.59 Å². The van der Waals surface area contributed by atoms with Crippen molar-refractivity contribution >= 4 is 54.7 Å². The number of thiophene rings is 2. The first-order valence-electron chi connectivity index (χ1n) is 14.8. The maximum atomic E-state index is 12.7. The van der Waals surface area contributed by atoms with Gasteiger partial charge in [0.2, 0.25) is 0 Å². The number of carbonyl (C=O) groups excluding carboxylic acids is 2. The molecule has 0 atom stereocenters. The Morgan fingerprint density at radius 2 is 1.02 bits per heavy atom. The topological polar surface area (TPSA) is 124 Å². The summed E-state index contributed by atoms with van der Waals surface area (Å²) in [6.45, 7) is 1.78. The molecule has 2 aromatic heterocycles. The zero-order chi connectivity index (χ0) is 32.6. The summed E-state index contributed by atoms with van der Waals surface area (Å²) < 4.78 is 13.6. The Morgan fingerprint density at radius 1 is 0.596 bits per heavy atom. The van der Waals surface area contributed by atoms with Gasteiger partial charge in [-0.1, -0.05) is 24.3 Å². The highest BCUT2D eigenvalue weighted by Crippen LogP contribution is 2.28. The standard InChI is InChI=1S/C37H28N4O4S2/c38-20-26-6-12-32-28(16-26)18-34(46-32)36(42)40-22-24-2-8-30(9-3-24)44-14-1-15-45-31-10-4-25(5-11-31)23-41-37(43)35-19-29-17-27(21-39)7-13-33(29)47-35/h2-13,16-19H,1,14-15,22-23H2,(H,40,42)(H,41,43). The monoisotopic (exact) mass is 656 g/mol. The van der Waals surface area contributed by atoms with Crippen LogP contribution in [0, 0.1) is 22.7 Å². The van der Waals surface area contributed by atoms with Crippen molar-refractivity contribution in [3.63, 3.8) is 0 Å². The van der Waals surface area contributed by atoms with E-state index in [4.69, 9.17) is 20.0 Å². The third-order valence-corrected chi connectivity index (χ3v) is 9.55. The van der Waals surface area contributed by atoms with Gasteiger partial charge in [-0.25, -0.2) is 0 Å². The van der Waals surface area contributed by atoms with Gasteiger partial charge in [-0.15, -0.1) is 22.7 Å². The van der Waals surface area contributed by atoms with Crippen molar-refractivity contribution in [2.45, 2.75) is 19.5 Å². The van der Waals surface area contributed by atoms with Gasteiger partial charge in [0.1, 0.15) is 11.5 Å². The highest BCUT2D eigenvalue weighted by molar-refractivity contribution is 7.21. The number of nitrogens with one attached hydrogen (secondary N) is 2. The molecule has 0 aliphatic rings. The number of rotatable bonds is 12. The van der Waals surface area contributed by atoms with Crippen LogP contribution in [0.1, 0.15) is 48.0 Å². The van der Waals surface area contributed by atoms with Crippen LogP contribution in [0.3, 0.4) is 0 Å². The van der Waals surface area contributed by atoms with Gasteiger partial charge in [0, 0.05) is 28.9 Å². The average Bonchev–Trinajstić information content (AvgIpc) is 3.74. The average molecular weight is 657 g/mol. The molecule has 6 aromatic rings. The van der Waals surface area contributed by atoms with Gasteiger partial charge in [0.05, 0.1) is 46.2 Å². The molecule has 0 unspecified atom stereocenters. The Balaban J connectivity index is 0.878. The van der Waals surface area contributed by atoms with Crippen LogP contribution in [0.25, 0.3) is 20.2 Å². The van der Waals surface area contributed by atoms with Crippen LogP contribution >= 0.6 is 22.7 Å². The lowest BCUT2D eigenvalue weighted by molar-refractivity contribution is 0.0947. The van der Waals surface area contributed by atoms with Crippen LogP contribution in [0.15, 0.2) is 97.1 Å². The smallest absolute Gasteiger partial charge is 0.261 e. The summed E-state index contributed by atoms with van der Waals surface area (Å²) in [4.78, 5) is 26.5. The summed E-state index contributed by atoms with van der Waals surface area (Å²) in [5, 5.41) is 25.9. The summed E-state index contributed by atoms with van der Waals surface area (Å²) >= 11 is 2.81. The first kappa shape index (κ1) is 31.3. The Bertz CT molecular complexity index is 1990. The van der Waals surface area contributed by atoms with Crippen molar-refractivity contribution in [1.29, 1.82) is 10.5 Å². The number of nitrogens with zero attached hydrogens (tertiary/aromatic N) is 2. The molecule has 47 heavy (non-hydrogen) atoms. The lowest BCUT2D eigenvalue weighted by Gasteiger charge is -2.10. The number of benzene rings is 4. The molecule has 0 fully saturated rings. The van der Waals surface area contributed by atoms with Crippen molar-refractivity contribution in [3.05, 3.63) is 129 Å². The number of hydrogen-bond acceptors (Lipinski definition) is 8. The maximum Gasteiger partial charge on any atom is 0.261 e. The predicted molar refractivity (Wildman–Crippen MR) is 184 cm³/mol. The van der Waals surface area contributed by atoms with E-state index >= 15 is 0 Å². The molecule has 0 saturated carbocycles. The van der Waals surface area contributed by atoms with E-state index in [0.29, 0.717) is 53.6 Å². The van der Waals surface area contributed by atoms with Crippen molar-refractivity contribution in [3.8, 4) is 23.6 Å². The van der Waals surface area contributed by atoms with Gasteiger partial charge in [-0.3, -0.25) is 9.59 Å². The minimum Gasteiger partial charge on any atom is -0.493 e. The SMILES string of the molecule is N#Cc1ccc2sc(C(=O)NCc3ccc(OCCCOc4ccc(CNC(=O)c5cc6cc(C#N)ccc6s5)cc4)cc3)cc2c1. The van der Waals surface area contributed by atoms with Gasteiger partial charge in [0.15, 0.2) is 0 Å². The summed E-state index contributed by atoms with van der Waals surface area (Å²) in [5.41, 5.74) is 3.07. The van der Waals surface area contributed by atoms with Crippen molar-refractivity contribution in [2.24, 2.45) is 0 Å². The molecule has 4 aromatic carbocycles. The highest BCUT2D eigenvalue weighted by Gasteiger charge is 2.12. The Morgan fingerprint density at radius 3 is 1.43 bits per heavy atom. The molecular weight excluding hydrogens is 629 g/mol. The first-order valence-corrected chi connectivity index (χ1v) is 16.5. The fraction of sp³-hybridized carbons (Fsp3) is 0.135. The second kappa shape index (κ2) is 14.6. The highest BCUT2D eigenvalue weighted by atomic mass is 32.1. The second-order valence-electron chi connectivity index (χ2n) is 10.7. The number of ether oxygens (including phenoxy) is 2. The summed E-state index contributed by atoms with van der Waals surface area (Å²) in [6.07, 6.45) is 0.700. The number of fused-ring (bicyclic) bond motifs is 2. The number of amides is 2. The molecule has 8 nitrogen and oxygen atoms in total. The first-order chi connectivity index (χ1) is 23.0. The maximum absolute atomic E-state index is 12.7.